The molecule has 0 unspecified atom stereocenters. The van der Waals surface area contributed by atoms with Crippen LogP contribution in [0.5, 0.6) is 0 Å². The monoisotopic (exact) mass is 576 g/mol. The average molecular weight is 577 g/mol. The number of hydrogen-bond donors (Lipinski definition) is 1. The minimum atomic E-state index is -4.73. The Kier molecular flexibility index (Phi) is 8.55. The molecule has 0 atom stereocenters. The maximum Gasteiger partial charge on any atom is 0.416 e. The van der Waals surface area contributed by atoms with Crippen molar-refractivity contribution in [3.8, 4) is 0 Å². The van der Waals surface area contributed by atoms with E-state index in [1.165, 1.54) is 5.56 Å². The zero-order valence-electron chi connectivity index (χ0n) is 23.5. The molecule has 0 saturated carbocycles. The van der Waals surface area contributed by atoms with E-state index >= 15 is 0 Å². The Hall–Kier alpha value is -4.29. The van der Waals surface area contributed by atoms with Gasteiger partial charge in [0.2, 0.25) is 0 Å². The van der Waals surface area contributed by atoms with Crippen LogP contribution in [0, 0.1) is 17.9 Å². The third kappa shape index (κ3) is 6.77. The van der Waals surface area contributed by atoms with Crippen molar-refractivity contribution in [2.75, 3.05) is 37.4 Å². The molecule has 1 aliphatic heterocycles. The topological polar surface area (TPSA) is 38.8 Å². The molecule has 0 aromatic heterocycles. The number of benzene rings is 3. The zero-order valence-corrected chi connectivity index (χ0v) is 23.5. The molecule has 1 heterocycles. The Bertz CT molecular complexity index is 1530. The largest absolute Gasteiger partial charge is 0.416 e. The van der Waals surface area contributed by atoms with Crippen LogP contribution in [-0.4, -0.2) is 49.1 Å². The van der Waals surface area contributed by atoms with Crippen LogP contribution in [0.4, 0.5) is 33.7 Å². The van der Waals surface area contributed by atoms with Crippen molar-refractivity contribution in [3.05, 3.63) is 107 Å². The summed E-state index contributed by atoms with van der Waals surface area (Å²) in [4.78, 5) is 19.6. The second kappa shape index (κ2) is 12.3. The lowest BCUT2D eigenvalue weighted by atomic mass is 9.99. The summed E-state index contributed by atoms with van der Waals surface area (Å²) in [6, 6.07) is 25.1. The number of carbonyl (C=O) groups is 1. The number of piperidine rings is 1. The number of alkyl halides is 3. The minimum Gasteiger partial charge on any atom is -0.377 e. The molecule has 1 aliphatic rings. The van der Waals surface area contributed by atoms with Crippen molar-refractivity contribution in [3.63, 3.8) is 0 Å². The molecule has 218 valence electrons. The standard InChI is InChI=1S/C33H32F4N4O/c1-39(2)31-13-12-24(29-10-6-7-11-30(29)31)22-40-16-14-28(15-17-40)41(21-23-8-4-3-5-9-23)32(42)38-27-19-25(33(35,36)37)18-26(34)20-27/h3-5,8-13,18-20,28H,14-17,21-22H2,1-2H3,(H,38,42). The van der Waals surface area contributed by atoms with Gasteiger partial charge in [-0.1, -0.05) is 48.5 Å². The molecular formula is C33H32F4N4O. The fourth-order valence-corrected chi connectivity index (χ4v) is 5.55. The van der Waals surface area contributed by atoms with Gasteiger partial charge >= 0.3 is 12.2 Å². The minimum absolute atomic E-state index is 0.145. The molecule has 1 fully saturated rings. The number of nitrogens with one attached hydrogen (secondary N) is 1. The number of rotatable bonds is 7. The third-order valence-corrected chi connectivity index (χ3v) is 7.68. The van der Waals surface area contributed by atoms with Gasteiger partial charge in [0.25, 0.3) is 0 Å². The average Bonchev–Trinajstić information content (AvgIpc) is 2.96. The van der Waals surface area contributed by atoms with E-state index in [0.29, 0.717) is 18.9 Å². The first kappa shape index (κ1) is 29.2. The molecule has 4 aromatic carbocycles. The predicted molar refractivity (Wildman–Crippen MR) is 157 cm³/mol. The van der Waals surface area contributed by atoms with Crippen LogP contribution in [-0.2, 0) is 19.3 Å². The van der Waals surface area contributed by atoms with E-state index in [4.69, 9.17) is 0 Å². The number of fused-ring (bicyclic) bond motifs is 1. The first-order valence-corrected chi connectivity index (χ1v) is 13.8. The molecule has 9 heteroatoms. The van der Waals surface area contributed by atoms with Crippen LogP contribution >= 0.6 is 0 Å². The van der Waals surface area contributed by atoms with Crippen molar-refractivity contribution < 1.29 is 22.4 Å². The van der Waals surface area contributed by atoms with Crippen LogP contribution in [0.1, 0.15) is 29.5 Å². The fourth-order valence-electron chi connectivity index (χ4n) is 5.55. The van der Waals surface area contributed by atoms with Crippen molar-refractivity contribution in [2.24, 2.45) is 0 Å². The van der Waals surface area contributed by atoms with Gasteiger partial charge in [-0.15, -0.1) is 0 Å². The molecule has 1 N–H and O–H groups in total. The SMILES string of the molecule is CN(C)c1ccc(CN2CCC(N(Cc3ccccc3)C(=O)Nc3cc(F)cc(C(F)(F)F)c3)CC2)c2cc#ccc12. The fraction of sp³-hybridized carbons (Fsp3) is 0.303. The van der Waals surface area contributed by atoms with Crippen LogP contribution in [0.2, 0.25) is 0 Å². The number of urea groups is 1. The summed E-state index contributed by atoms with van der Waals surface area (Å²) < 4.78 is 53.8. The highest BCUT2D eigenvalue weighted by molar-refractivity contribution is 5.96. The molecule has 2 amide bonds. The highest BCUT2D eigenvalue weighted by Crippen LogP contribution is 2.33. The molecule has 42 heavy (non-hydrogen) atoms. The lowest BCUT2D eigenvalue weighted by Gasteiger charge is -2.39. The van der Waals surface area contributed by atoms with Gasteiger partial charge < -0.3 is 15.1 Å². The highest BCUT2D eigenvalue weighted by atomic mass is 19.4. The van der Waals surface area contributed by atoms with E-state index in [1.807, 2.05) is 56.6 Å². The summed E-state index contributed by atoms with van der Waals surface area (Å²) in [5, 5.41) is 4.76. The number of likely N-dealkylation sites (tertiary alicyclic amines) is 1. The molecular weight excluding hydrogens is 544 g/mol. The normalized spacial score (nSPS) is 14.4. The van der Waals surface area contributed by atoms with Crippen molar-refractivity contribution in [1.29, 1.82) is 0 Å². The van der Waals surface area contributed by atoms with Crippen LogP contribution in [0.25, 0.3) is 10.8 Å². The van der Waals surface area contributed by atoms with Gasteiger partial charge in [0.05, 0.1) is 5.56 Å². The summed E-state index contributed by atoms with van der Waals surface area (Å²) in [5.74, 6) is -1.07. The summed E-state index contributed by atoms with van der Waals surface area (Å²) in [6.07, 6.45) is -3.36. The van der Waals surface area contributed by atoms with E-state index in [2.05, 4.69) is 39.4 Å². The lowest BCUT2D eigenvalue weighted by Crippen LogP contribution is -2.48. The van der Waals surface area contributed by atoms with E-state index in [-0.39, 0.29) is 18.3 Å². The molecule has 5 rings (SSSR count). The number of amides is 2. The Morgan fingerprint density at radius 1 is 0.976 bits per heavy atom. The van der Waals surface area contributed by atoms with E-state index < -0.39 is 23.6 Å². The van der Waals surface area contributed by atoms with Gasteiger partial charge in [-0.2, -0.15) is 13.2 Å². The molecule has 4 aromatic rings. The van der Waals surface area contributed by atoms with Gasteiger partial charge in [-0.05, 0) is 65.8 Å². The number of anilines is 2. The smallest absolute Gasteiger partial charge is 0.377 e. The van der Waals surface area contributed by atoms with E-state index in [1.54, 1.807) is 4.90 Å². The molecule has 0 radical (unpaired) electrons. The summed E-state index contributed by atoms with van der Waals surface area (Å²) in [5.41, 5.74) is 1.81. The molecule has 0 aliphatic carbocycles. The number of halogens is 4. The van der Waals surface area contributed by atoms with Gasteiger partial charge in [-0.25, -0.2) is 9.18 Å². The van der Waals surface area contributed by atoms with Crippen LogP contribution in [0.15, 0.2) is 72.8 Å². The summed E-state index contributed by atoms with van der Waals surface area (Å²) >= 11 is 0. The molecule has 5 nitrogen and oxygen atoms in total. The highest BCUT2D eigenvalue weighted by Gasteiger charge is 2.32. The first-order chi connectivity index (χ1) is 20.1. The zero-order chi connectivity index (χ0) is 29.9. The Morgan fingerprint density at radius 3 is 2.33 bits per heavy atom. The Balaban J connectivity index is 1.31. The Labute approximate surface area is 243 Å². The summed E-state index contributed by atoms with van der Waals surface area (Å²) in [6.45, 7) is 2.49. The number of hydrogen-bond acceptors (Lipinski definition) is 3. The van der Waals surface area contributed by atoms with Crippen LogP contribution < -0.4 is 10.2 Å². The number of carbonyl (C=O) groups excluding carboxylic acids is 1. The second-order valence-corrected chi connectivity index (χ2v) is 10.8. The van der Waals surface area contributed by atoms with E-state index in [9.17, 15) is 22.4 Å². The van der Waals surface area contributed by atoms with Crippen molar-refractivity contribution >= 4 is 28.2 Å². The van der Waals surface area contributed by atoms with Gasteiger partial charge in [0, 0.05) is 63.1 Å². The van der Waals surface area contributed by atoms with Crippen molar-refractivity contribution in [2.45, 2.75) is 38.1 Å². The van der Waals surface area contributed by atoms with Gasteiger partial charge in [0.1, 0.15) is 5.82 Å². The quantitative estimate of drug-likeness (QED) is 0.234. The predicted octanol–water partition coefficient (Wildman–Crippen LogP) is 7.36. The maximum absolute atomic E-state index is 14.0. The van der Waals surface area contributed by atoms with Gasteiger partial charge in [-0.3, -0.25) is 4.90 Å². The lowest BCUT2D eigenvalue weighted by molar-refractivity contribution is -0.137. The van der Waals surface area contributed by atoms with Crippen LogP contribution in [0.3, 0.4) is 0 Å². The van der Waals surface area contributed by atoms with Crippen molar-refractivity contribution in [1.82, 2.24) is 9.80 Å². The van der Waals surface area contributed by atoms with E-state index in [0.717, 1.165) is 53.8 Å². The molecule has 1 saturated heterocycles. The van der Waals surface area contributed by atoms with Gasteiger partial charge in [0.15, 0.2) is 0 Å². The second-order valence-electron chi connectivity index (χ2n) is 10.8. The Morgan fingerprint density at radius 2 is 1.67 bits per heavy atom. The summed E-state index contributed by atoms with van der Waals surface area (Å²) in [7, 11) is 4.02. The number of nitrogens with zero attached hydrogens (tertiary/aromatic N) is 3. The first-order valence-electron chi connectivity index (χ1n) is 13.8. The molecule has 0 spiro atoms. The third-order valence-electron chi connectivity index (χ3n) is 7.68. The molecule has 0 bridgehead atoms. The maximum atomic E-state index is 14.0.